The Morgan fingerprint density at radius 2 is 2.35 bits per heavy atom. The number of aliphatic hydroxyl groups is 2. The Morgan fingerprint density at radius 3 is 3.06 bits per heavy atom. The first-order valence-corrected chi connectivity index (χ1v) is 5.32. The van der Waals surface area contributed by atoms with Crippen molar-refractivity contribution in [1.82, 2.24) is 9.55 Å². The van der Waals surface area contributed by atoms with E-state index in [1.54, 1.807) is 17.7 Å². The Hall–Kier alpha value is -1.44. The number of aryl methyl sites for hydroxylation is 1. The van der Waals surface area contributed by atoms with E-state index in [0.717, 1.165) is 0 Å². The second kappa shape index (κ2) is 3.52. The van der Waals surface area contributed by atoms with E-state index in [4.69, 9.17) is 14.6 Å². The van der Waals surface area contributed by atoms with Gasteiger partial charge in [0.25, 0.3) is 5.56 Å². The van der Waals surface area contributed by atoms with Crippen molar-refractivity contribution in [2.75, 3.05) is 6.61 Å². The van der Waals surface area contributed by atoms with Crippen molar-refractivity contribution in [2.24, 2.45) is 0 Å². The lowest BCUT2D eigenvalue weighted by Crippen LogP contribution is -2.34. The van der Waals surface area contributed by atoms with Crippen molar-refractivity contribution in [3.63, 3.8) is 0 Å². The molecule has 7 nitrogen and oxygen atoms in total. The largest absolute Gasteiger partial charge is 0.453 e. The molecule has 3 heterocycles. The Balaban J connectivity index is 2.02. The molecule has 17 heavy (non-hydrogen) atoms. The van der Waals surface area contributed by atoms with Crippen LogP contribution in [0.5, 0.6) is 6.01 Å². The third-order valence-electron chi connectivity index (χ3n) is 3.10. The molecule has 0 amide bonds. The maximum Gasteiger partial charge on any atom is 0.302 e. The van der Waals surface area contributed by atoms with Gasteiger partial charge in [0.2, 0.25) is 0 Å². The minimum Gasteiger partial charge on any atom is -0.453 e. The molecular weight excluding hydrogens is 228 g/mol. The summed E-state index contributed by atoms with van der Waals surface area (Å²) < 4.78 is 12.4. The van der Waals surface area contributed by atoms with Crippen LogP contribution in [0, 0.1) is 6.92 Å². The van der Waals surface area contributed by atoms with Gasteiger partial charge in [-0.3, -0.25) is 9.36 Å². The number of aliphatic hydroxyl groups excluding tert-OH is 2. The summed E-state index contributed by atoms with van der Waals surface area (Å²) in [7, 11) is 0. The summed E-state index contributed by atoms with van der Waals surface area (Å²) in [5, 5.41) is 18.9. The van der Waals surface area contributed by atoms with Gasteiger partial charge in [0.05, 0.1) is 6.61 Å². The third-order valence-corrected chi connectivity index (χ3v) is 3.10. The first kappa shape index (κ1) is 10.7. The molecule has 0 bridgehead atoms. The molecular formula is C10H12N2O5. The highest BCUT2D eigenvalue weighted by molar-refractivity contribution is 5.15. The van der Waals surface area contributed by atoms with Gasteiger partial charge in [-0.1, -0.05) is 0 Å². The molecule has 0 spiro atoms. The van der Waals surface area contributed by atoms with Gasteiger partial charge in [0.1, 0.15) is 12.2 Å². The molecule has 1 aromatic heterocycles. The highest BCUT2D eigenvalue weighted by Gasteiger charge is 2.50. The zero-order valence-corrected chi connectivity index (χ0v) is 9.11. The molecule has 1 unspecified atom stereocenters. The van der Waals surface area contributed by atoms with Gasteiger partial charge in [-0.2, -0.15) is 4.98 Å². The van der Waals surface area contributed by atoms with Crippen molar-refractivity contribution in [2.45, 2.75) is 31.5 Å². The SMILES string of the molecule is Cc1cn2c(nc1=O)OC1[C@@H](O)[C@@H](CO)O[C@@H]12. The van der Waals surface area contributed by atoms with E-state index in [1.165, 1.54) is 0 Å². The van der Waals surface area contributed by atoms with E-state index in [2.05, 4.69) is 4.98 Å². The first-order valence-electron chi connectivity index (χ1n) is 5.32. The molecule has 92 valence electrons. The van der Waals surface area contributed by atoms with Crippen LogP contribution < -0.4 is 10.3 Å². The van der Waals surface area contributed by atoms with Crippen LogP contribution in [0.1, 0.15) is 11.8 Å². The Labute approximate surface area is 96.2 Å². The number of hydrogen-bond donors (Lipinski definition) is 2. The van der Waals surface area contributed by atoms with Gasteiger partial charge in [-0.15, -0.1) is 0 Å². The van der Waals surface area contributed by atoms with E-state index >= 15 is 0 Å². The van der Waals surface area contributed by atoms with E-state index in [9.17, 15) is 9.90 Å². The normalized spacial score (nSPS) is 34.3. The van der Waals surface area contributed by atoms with Gasteiger partial charge in [-0.25, -0.2) is 0 Å². The molecule has 0 radical (unpaired) electrons. The first-order chi connectivity index (χ1) is 8.11. The van der Waals surface area contributed by atoms with Crippen LogP contribution in [0.25, 0.3) is 0 Å². The molecule has 0 saturated carbocycles. The van der Waals surface area contributed by atoms with E-state index < -0.39 is 24.5 Å². The maximum atomic E-state index is 11.4. The van der Waals surface area contributed by atoms with E-state index in [0.29, 0.717) is 5.56 Å². The number of rotatable bonds is 1. The van der Waals surface area contributed by atoms with Gasteiger partial charge < -0.3 is 19.7 Å². The van der Waals surface area contributed by atoms with Gasteiger partial charge in [-0.05, 0) is 6.92 Å². The topological polar surface area (TPSA) is 93.8 Å². The summed E-state index contributed by atoms with van der Waals surface area (Å²) in [4.78, 5) is 15.1. The summed E-state index contributed by atoms with van der Waals surface area (Å²) >= 11 is 0. The molecule has 0 aliphatic carbocycles. The highest BCUT2D eigenvalue weighted by atomic mass is 16.6. The van der Waals surface area contributed by atoms with Crippen LogP contribution in [0.4, 0.5) is 0 Å². The number of nitrogens with zero attached hydrogens (tertiary/aromatic N) is 2. The minimum absolute atomic E-state index is 0.144. The van der Waals surface area contributed by atoms with Crippen LogP contribution in [0.2, 0.25) is 0 Å². The zero-order chi connectivity index (χ0) is 12.2. The number of ether oxygens (including phenoxy) is 2. The molecule has 1 aromatic rings. The third kappa shape index (κ3) is 1.40. The molecule has 2 aliphatic rings. The fourth-order valence-corrected chi connectivity index (χ4v) is 2.16. The van der Waals surface area contributed by atoms with E-state index in [1.807, 2.05) is 0 Å². The van der Waals surface area contributed by atoms with Crippen LogP contribution >= 0.6 is 0 Å². The van der Waals surface area contributed by atoms with Gasteiger partial charge >= 0.3 is 6.01 Å². The predicted molar refractivity (Wildman–Crippen MR) is 54.7 cm³/mol. The van der Waals surface area contributed by atoms with E-state index in [-0.39, 0.29) is 18.2 Å². The minimum atomic E-state index is -0.929. The Bertz CT molecular complexity index is 514. The lowest BCUT2D eigenvalue weighted by atomic mass is 10.1. The van der Waals surface area contributed by atoms with Crippen molar-refractivity contribution >= 4 is 0 Å². The second-order valence-electron chi connectivity index (χ2n) is 4.24. The fourth-order valence-electron chi connectivity index (χ4n) is 2.16. The second-order valence-corrected chi connectivity index (χ2v) is 4.24. The summed E-state index contributed by atoms with van der Waals surface area (Å²) in [5.74, 6) is 0. The van der Waals surface area contributed by atoms with Crippen molar-refractivity contribution < 1.29 is 19.7 Å². The van der Waals surface area contributed by atoms with Gasteiger partial charge in [0, 0.05) is 11.8 Å². The standard InChI is InChI=1S/C10H12N2O5/c1-4-2-12-9-7(6(14)5(3-13)16-9)17-10(12)11-8(4)15/h2,5-7,9,13-14H,3H2,1H3/t5-,6+,7?,9+/m1/s1. The Kier molecular flexibility index (Phi) is 2.22. The van der Waals surface area contributed by atoms with Crippen molar-refractivity contribution in [1.29, 1.82) is 0 Å². The lowest BCUT2D eigenvalue weighted by molar-refractivity contribution is -0.0435. The monoisotopic (exact) mass is 240 g/mol. The summed E-state index contributed by atoms with van der Waals surface area (Å²) in [6, 6.07) is 0.144. The van der Waals surface area contributed by atoms with Crippen molar-refractivity contribution in [3.05, 3.63) is 22.1 Å². The molecule has 2 aliphatic heterocycles. The van der Waals surface area contributed by atoms with Crippen molar-refractivity contribution in [3.8, 4) is 6.01 Å². The summed E-state index contributed by atoms with van der Waals surface area (Å²) in [6.07, 6.45) is -1.17. The highest BCUT2D eigenvalue weighted by Crippen LogP contribution is 2.38. The average Bonchev–Trinajstić information content (AvgIpc) is 2.78. The molecule has 4 atom stereocenters. The molecule has 3 rings (SSSR count). The number of hydrogen-bond acceptors (Lipinski definition) is 6. The Morgan fingerprint density at radius 1 is 1.59 bits per heavy atom. The lowest BCUT2D eigenvalue weighted by Gasteiger charge is -2.14. The van der Waals surface area contributed by atoms with Crippen LogP contribution in [-0.2, 0) is 4.74 Å². The van der Waals surface area contributed by atoms with Crippen LogP contribution in [0.3, 0.4) is 0 Å². The smallest absolute Gasteiger partial charge is 0.302 e. The summed E-state index contributed by atoms with van der Waals surface area (Å²) in [5.41, 5.74) is 0.118. The molecule has 7 heteroatoms. The number of fused-ring (bicyclic) bond motifs is 3. The quantitative estimate of drug-likeness (QED) is 0.624. The summed E-state index contributed by atoms with van der Waals surface area (Å²) in [6.45, 7) is 1.37. The average molecular weight is 240 g/mol. The van der Waals surface area contributed by atoms with Crippen LogP contribution in [0.15, 0.2) is 11.0 Å². The molecule has 2 N–H and O–H groups in total. The van der Waals surface area contributed by atoms with Crippen LogP contribution in [-0.4, -0.2) is 44.7 Å². The molecule has 0 aromatic carbocycles. The predicted octanol–water partition coefficient (Wildman–Crippen LogP) is -1.44. The number of aromatic nitrogens is 2. The molecule has 1 fully saturated rings. The van der Waals surface area contributed by atoms with Gasteiger partial charge in [0.15, 0.2) is 12.3 Å². The molecule has 1 saturated heterocycles. The fraction of sp³-hybridized carbons (Fsp3) is 0.600. The maximum absolute atomic E-state index is 11.4. The zero-order valence-electron chi connectivity index (χ0n) is 9.11.